The molecule has 1 aromatic rings. The molecule has 1 N–H and O–H groups in total. The molecule has 0 amide bonds. The largest absolute Gasteiger partial charge is 0.490 e. The number of halogens is 3. The van der Waals surface area contributed by atoms with Crippen LogP contribution in [0.15, 0.2) is 12.3 Å². The fourth-order valence-electron chi connectivity index (χ4n) is 2.92. The molecule has 0 bridgehead atoms. The minimum atomic E-state index is 0. The van der Waals surface area contributed by atoms with Crippen molar-refractivity contribution in [3.05, 3.63) is 23.0 Å². The molecular formula is C18H31Cl3N2O. The third-order valence-electron chi connectivity index (χ3n) is 4.30. The second-order valence-electron chi connectivity index (χ2n) is 6.24. The van der Waals surface area contributed by atoms with Crippen molar-refractivity contribution in [2.24, 2.45) is 0 Å². The second-order valence-corrected chi connectivity index (χ2v) is 6.60. The van der Waals surface area contributed by atoms with Crippen LogP contribution in [0.3, 0.4) is 0 Å². The molecule has 0 saturated carbocycles. The Hall–Kier alpha value is -0.220. The van der Waals surface area contributed by atoms with Gasteiger partial charge in [-0.05, 0) is 43.9 Å². The summed E-state index contributed by atoms with van der Waals surface area (Å²) in [6.07, 6.45) is 12.9. The molecule has 3 nitrogen and oxygen atoms in total. The summed E-state index contributed by atoms with van der Waals surface area (Å²) in [5.41, 5.74) is 1.12. The predicted molar refractivity (Wildman–Crippen MR) is 107 cm³/mol. The Kier molecular flexibility index (Phi) is 13.9. The van der Waals surface area contributed by atoms with Crippen LogP contribution in [0.25, 0.3) is 0 Å². The van der Waals surface area contributed by atoms with Gasteiger partial charge >= 0.3 is 0 Å². The van der Waals surface area contributed by atoms with Crippen molar-refractivity contribution in [1.82, 2.24) is 10.3 Å². The average molecular weight is 398 g/mol. The molecule has 0 aromatic carbocycles. The fraction of sp³-hybridized carbons (Fsp3) is 0.722. The summed E-state index contributed by atoms with van der Waals surface area (Å²) in [5.74, 6) is 0.846. The van der Waals surface area contributed by atoms with E-state index in [9.17, 15) is 0 Å². The van der Waals surface area contributed by atoms with Crippen molar-refractivity contribution >= 4 is 36.4 Å². The van der Waals surface area contributed by atoms with Gasteiger partial charge in [-0.15, -0.1) is 24.8 Å². The van der Waals surface area contributed by atoms with Crippen molar-refractivity contribution < 1.29 is 4.74 Å². The number of aromatic nitrogens is 1. The van der Waals surface area contributed by atoms with Crippen molar-refractivity contribution in [1.29, 1.82) is 0 Å². The van der Waals surface area contributed by atoms with Gasteiger partial charge in [0.2, 0.25) is 0 Å². The first kappa shape index (κ1) is 23.8. The Morgan fingerprint density at radius 1 is 1.21 bits per heavy atom. The molecule has 6 heteroatoms. The maximum Gasteiger partial charge on any atom is 0.138 e. The van der Waals surface area contributed by atoms with Gasteiger partial charge in [-0.25, -0.2) is 4.98 Å². The zero-order valence-electron chi connectivity index (χ0n) is 14.6. The Balaban J connectivity index is 0.00000264. The quantitative estimate of drug-likeness (QED) is 0.411. The van der Waals surface area contributed by atoms with E-state index in [4.69, 9.17) is 16.3 Å². The van der Waals surface area contributed by atoms with Gasteiger partial charge in [0, 0.05) is 6.04 Å². The molecule has 2 heterocycles. The van der Waals surface area contributed by atoms with Crippen molar-refractivity contribution in [3.8, 4) is 5.75 Å². The Labute approximate surface area is 164 Å². The zero-order chi connectivity index (χ0) is 15.6. The molecule has 0 unspecified atom stereocenters. The first-order valence-electron chi connectivity index (χ1n) is 8.80. The van der Waals surface area contributed by atoms with E-state index in [0.29, 0.717) is 11.2 Å². The maximum absolute atomic E-state index is 6.21. The van der Waals surface area contributed by atoms with Crippen LogP contribution in [0.1, 0.15) is 63.9 Å². The van der Waals surface area contributed by atoms with Crippen LogP contribution >= 0.6 is 36.4 Å². The summed E-state index contributed by atoms with van der Waals surface area (Å²) in [5, 5.41) is 4.06. The molecule has 2 rings (SSSR count). The van der Waals surface area contributed by atoms with Gasteiger partial charge in [-0.3, -0.25) is 0 Å². The SMILES string of the molecule is CCCCCCCCc1cc(OC[C@H]2CCCN2)cnc1Cl.Cl.Cl. The summed E-state index contributed by atoms with van der Waals surface area (Å²) in [6.45, 7) is 4.08. The van der Waals surface area contributed by atoms with E-state index in [0.717, 1.165) is 30.9 Å². The highest BCUT2D eigenvalue weighted by Gasteiger charge is 2.14. The minimum absolute atomic E-state index is 0. The summed E-state index contributed by atoms with van der Waals surface area (Å²) < 4.78 is 5.86. The van der Waals surface area contributed by atoms with Gasteiger partial charge in [0.25, 0.3) is 0 Å². The lowest BCUT2D eigenvalue weighted by Gasteiger charge is -2.13. The summed E-state index contributed by atoms with van der Waals surface area (Å²) >= 11 is 6.21. The zero-order valence-corrected chi connectivity index (χ0v) is 16.9. The molecule has 140 valence electrons. The topological polar surface area (TPSA) is 34.1 Å². The lowest BCUT2D eigenvalue weighted by atomic mass is 10.1. The number of hydrogen-bond donors (Lipinski definition) is 1. The molecule has 1 aromatic heterocycles. The van der Waals surface area contributed by atoms with Crippen LogP contribution in [0.5, 0.6) is 5.75 Å². The Bertz CT molecular complexity index is 440. The van der Waals surface area contributed by atoms with Gasteiger partial charge in [0.1, 0.15) is 17.5 Å². The normalized spacial score (nSPS) is 16.3. The molecule has 0 spiro atoms. The standard InChI is InChI=1S/C18H29ClN2O.2ClH/c1-2-3-4-5-6-7-9-15-12-17(13-21-18(15)19)22-14-16-10-8-11-20-16;;/h12-13,16,20H,2-11,14H2,1H3;2*1H/t16-;;/m1../s1. The molecule has 0 radical (unpaired) electrons. The lowest BCUT2D eigenvalue weighted by molar-refractivity contribution is 0.276. The number of nitrogens with one attached hydrogen (secondary N) is 1. The van der Waals surface area contributed by atoms with E-state index < -0.39 is 0 Å². The minimum Gasteiger partial charge on any atom is -0.490 e. The van der Waals surface area contributed by atoms with Gasteiger partial charge < -0.3 is 10.1 Å². The van der Waals surface area contributed by atoms with Gasteiger partial charge in [-0.2, -0.15) is 0 Å². The first-order chi connectivity index (χ1) is 10.8. The van der Waals surface area contributed by atoms with Crippen molar-refractivity contribution in [3.63, 3.8) is 0 Å². The third kappa shape index (κ3) is 8.75. The number of rotatable bonds is 10. The lowest BCUT2D eigenvalue weighted by Crippen LogP contribution is -2.28. The second kappa shape index (κ2) is 14.0. The predicted octanol–water partition coefficient (Wildman–Crippen LogP) is 5.61. The highest BCUT2D eigenvalue weighted by molar-refractivity contribution is 6.30. The number of ether oxygens (including phenoxy) is 1. The van der Waals surface area contributed by atoms with E-state index in [1.165, 1.54) is 51.4 Å². The number of aryl methyl sites for hydroxylation is 1. The van der Waals surface area contributed by atoms with Crippen LogP contribution in [-0.2, 0) is 6.42 Å². The molecule has 1 aliphatic rings. The molecule has 1 aliphatic heterocycles. The molecule has 1 saturated heterocycles. The Morgan fingerprint density at radius 3 is 2.67 bits per heavy atom. The van der Waals surface area contributed by atoms with E-state index in [1.807, 2.05) is 0 Å². The number of pyridine rings is 1. The smallest absolute Gasteiger partial charge is 0.138 e. The van der Waals surface area contributed by atoms with Crippen LogP contribution in [0, 0.1) is 0 Å². The van der Waals surface area contributed by atoms with E-state index in [2.05, 4.69) is 23.3 Å². The Morgan fingerprint density at radius 2 is 1.96 bits per heavy atom. The fourth-order valence-corrected chi connectivity index (χ4v) is 3.12. The van der Waals surface area contributed by atoms with Crippen LogP contribution in [0.2, 0.25) is 5.15 Å². The molecular weight excluding hydrogens is 367 g/mol. The van der Waals surface area contributed by atoms with Crippen LogP contribution in [0.4, 0.5) is 0 Å². The van der Waals surface area contributed by atoms with Crippen LogP contribution < -0.4 is 10.1 Å². The summed E-state index contributed by atoms with van der Waals surface area (Å²) in [7, 11) is 0. The highest BCUT2D eigenvalue weighted by atomic mass is 35.5. The van der Waals surface area contributed by atoms with Gasteiger partial charge in [0.05, 0.1) is 6.20 Å². The first-order valence-corrected chi connectivity index (χ1v) is 9.18. The van der Waals surface area contributed by atoms with Gasteiger partial charge in [0.15, 0.2) is 0 Å². The summed E-state index contributed by atoms with van der Waals surface area (Å²) in [4.78, 5) is 4.27. The monoisotopic (exact) mass is 396 g/mol. The number of unbranched alkanes of at least 4 members (excludes halogenated alkanes) is 5. The van der Waals surface area contributed by atoms with E-state index in [-0.39, 0.29) is 24.8 Å². The van der Waals surface area contributed by atoms with Crippen LogP contribution in [-0.4, -0.2) is 24.2 Å². The van der Waals surface area contributed by atoms with Crippen molar-refractivity contribution in [2.75, 3.05) is 13.2 Å². The molecule has 1 fully saturated rings. The molecule has 0 aliphatic carbocycles. The average Bonchev–Trinajstić information content (AvgIpc) is 3.04. The molecule has 24 heavy (non-hydrogen) atoms. The number of hydrogen-bond acceptors (Lipinski definition) is 3. The highest BCUT2D eigenvalue weighted by Crippen LogP contribution is 2.22. The summed E-state index contributed by atoms with van der Waals surface area (Å²) in [6, 6.07) is 2.55. The van der Waals surface area contributed by atoms with E-state index >= 15 is 0 Å². The van der Waals surface area contributed by atoms with E-state index in [1.54, 1.807) is 6.20 Å². The third-order valence-corrected chi connectivity index (χ3v) is 4.64. The van der Waals surface area contributed by atoms with Crippen molar-refractivity contribution in [2.45, 2.75) is 70.8 Å². The molecule has 1 atom stereocenters. The number of nitrogens with zero attached hydrogens (tertiary/aromatic N) is 1. The maximum atomic E-state index is 6.21. The van der Waals surface area contributed by atoms with Gasteiger partial charge in [-0.1, -0.05) is 50.6 Å².